The highest BCUT2D eigenvalue weighted by Gasteiger charge is 2.12. The van der Waals surface area contributed by atoms with Crippen LogP contribution in [0.3, 0.4) is 0 Å². The molecular weight excluding hydrogens is 229 g/mol. The van der Waals surface area contributed by atoms with E-state index in [0.29, 0.717) is 5.52 Å². The van der Waals surface area contributed by atoms with E-state index in [1.807, 2.05) is 6.07 Å². The monoisotopic (exact) mass is 247 g/mol. The number of hydrogen-bond donors (Lipinski definition) is 0. The Morgan fingerprint density at radius 1 is 1.11 bits per heavy atom. The highest BCUT2D eigenvalue weighted by atomic mass is 19.1. The van der Waals surface area contributed by atoms with Crippen molar-refractivity contribution in [2.75, 3.05) is 18.0 Å². The average molecular weight is 247 g/mol. The predicted octanol–water partition coefficient (Wildman–Crippen LogP) is 3.40. The van der Waals surface area contributed by atoms with E-state index in [2.05, 4.69) is 28.7 Å². The first kappa shape index (κ1) is 12.7. The van der Waals surface area contributed by atoms with E-state index in [4.69, 9.17) is 0 Å². The number of para-hydroxylation sites is 1. The molecule has 0 amide bonds. The topological polar surface area (TPSA) is 29.0 Å². The Hall–Kier alpha value is -1.71. The Kier molecular flexibility index (Phi) is 4.07. The molecule has 0 unspecified atom stereocenters. The number of hydrogen-bond acceptors (Lipinski definition) is 3. The van der Waals surface area contributed by atoms with Crippen molar-refractivity contribution in [3.8, 4) is 0 Å². The number of halogens is 1. The Morgan fingerprint density at radius 3 is 2.50 bits per heavy atom. The molecule has 1 aromatic heterocycles. The molecule has 2 rings (SSSR count). The Labute approximate surface area is 107 Å². The normalized spacial score (nSPS) is 10.8. The highest BCUT2D eigenvalue weighted by molar-refractivity contribution is 5.89. The van der Waals surface area contributed by atoms with Gasteiger partial charge in [-0.25, -0.2) is 14.4 Å². The van der Waals surface area contributed by atoms with Gasteiger partial charge in [0, 0.05) is 18.5 Å². The fraction of sp³-hybridized carbons (Fsp3) is 0.429. The fourth-order valence-electron chi connectivity index (χ4n) is 2.15. The van der Waals surface area contributed by atoms with Gasteiger partial charge in [-0.2, -0.15) is 0 Å². The molecule has 0 spiro atoms. The molecule has 0 saturated carbocycles. The largest absolute Gasteiger partial charge is 0.356 e. The van der Waals surface area contributed by atoms with Gasteiger partial charge in [-0.3, -0.25) is 0 Å². The van der Waals surface area contributed by atoms with Gasteiger partial charge in [-0.1, -0.05) is 19.9 Å². The summed E-state index contributed by atoms with van der Waals surface area (Å²) in [4.78, 5) is 10.6. The Bertz CT molecular complexity index is 521. The van der Waals surface area contributed by atoms with E-state index < -0.39 is 0 Å². The van der Waals surface area contributed by atoms with Crippen molar-refractivity contribution < 1.29 is 4.39 Å². The number of anilines is 1. The summed E-state index contributed by atoms with van der Waals surface area (Å²) in [6, 6.07) is 5.02. The summed E-state index contributed by atoms with van der Waals surface area (Å²) >= 11 is 0. The molecule has 3 nitrogen and oxygen atoms in total. The van der Waals surface area contributed by atoms with Crippen LogP contribution in [0.4, 0.5) is 10.2 Å². The third kappa shape index (κ3) is 2.42. The minimum atomic E-state index is -0.288. The molecule has 1 aromatic carbocycles. The SMILES string of the molecule is CCCN(CCC)c1ncnc2c(F)cccc12. The molecule has 0 aliphatic carbocycles. The van der Waals surface area contributed by atoms with Crippen LogP contribution in [-0.2, 0) is 0 Å². The molecule has 4 heteroatoms. The zero-order valence-corrected chi connectivity index (χ0v) is 10.9. The third-order valence-electron chi connectivity index (χ3n) is 2.88. The standard InChI is InChI=1S/C14H18FN3/c1-3-8-18(9-4-2)14-11-6-5-7-12(15)13(11)16-10-17-14/h5-7,10H,3-4,8-9H2,1-2H3. The summed E-state index contributed by atoms with van der Waals surface area (Å²) in [5.41, 5.74) is 0.403. The van der Waals surface area contributed by atoms with E-state index in [1.165, 1.54) is 12.4 Å². The van der Waals surface area contributed by atoms with Crippen LogP contribution in [0, 0.1) is 5.82 Å². The average Bonchev–Trinajstić information content (AvgIpc) is 2.38. The first-order chi connectivity index (χ1) is 8.77. The van der Waals surface area contributed by atoms with E-state index in [1.54, 1.807) is 6.07 Å². The maximum Gasteiger partial charge on any atom is 0.149 e. The van der Waals surface area contributed by atoms with E-state index in [0.717, 1.165) is 37.1 Å². The van der Waals surface area contributed by atoms with Crippen LogP contribution in [-0.4, -0.2) is 23.1 Å². The molecule has 0 N–H and O–H groups in total. The molecule has 0 fully saturated rings. The van der Waals surface area contributed by atoms with Crippen LogP contribution >= 0.6 is 0 Å². The van der Waals surface area contributed by atoms with E-state index >= 15 is 0 Å². The summed E-state index contributed by atoms with van der Waals surface area (Å²) in [6.07, 6.45) is 3.53. The highest BCUT2D eigenvalue weighted by Crippen LogP contribution is 2.24. The molecule has 0 aliphatic heterocycles. The molecule has 96 valence electrons. The maximum atomic E-state index is 13.7. The molecule has 0 radical (unpaired) electrons. The van der Waals surface area contributed by atoms with Gasteiger partial charge in [0.25, 0.3) is 0 Å². The van der Waals surface area contributed by atoms with Gasteiger partial charge in [0.05, 0.1) is 0 Å². The summed E-state index contributed by atoms with van der Waals surface area (Å²) in [7, 11) is 0. The third-order valence-corrected chi connectivity index (χ3v) is 2.88. The van der Waals surface area contributed by atoms with Gasteiger partial charge in [0.2, 0.25) is 0 Å². The van der Waals surface area contributed by atoms with Crippen molar-refractivity contribution in [1.29, 1.82) is 0 Å². The minimum Gasteiger partial charge on any atom is -0.356 e. The van der Waals surface area contributed by atoms with Crippen molar-refractivity contribution >= 4 is 16.7 Å². The molecule has 18 heavy (non-hydrogen) atoms. The van der Waals surface area contributed by atoms with Crippen LogP contribution < -0.4 is 4.90 Å². The molecule has 1 heterocycles. The fourth-order valence-corrected chi connectivity index (χ4v) is 2.15. The molecule has 0 aliphatic rings. The number of rotatable bonds is 5. The zero-order valence-electron chi connectivity index (χ0n) is 10.9. The molecule has 2 aromatic rings. The van der Waals surface area contributed by atoms with Crippen LogP contribution in [0.25, 0.3) is 10.9 Å². The maximum absolute atomic E-state index is 13.7. The lowest BCUT2D eigenvalue weighted by Crippen LogP contribution is -2.26. The van der Waals surface area contributed by atoms with Crippen molar-refractivity contribution in [3.05, 3.63) is 30.3 Å². The summed E-state index contributed by atoms with van der Waals surface area (Å²) in [5.74, 6) is 0.548. The first-order valence-electron chi connectivity index (χ1n) is 6.42. The molecule has 0 saturated heterocycles. The molecule has 0 atom stereocenters. The van der Waals surface area contributed by atoms with Gasteiger partial charge in [-0.05, 0) is 25.0 Å². The lowest BCUT2D eigenvalue weighted by atomic mass is 10.2. The van der Waals surface area contributed by atoms with Gasteiger partial charge >= 0.3 is 0 Å². The van der Waals surface area contributed by atoms with Gasteiger partial charge in [-0.15, -0.1) is 0 Å². The van der Waals surface area contributed by atoms with Crippen LogP contribution in [0.5, 0.6) is 0 Å². The van der Waals surface area contributed by atoms with Crippen molar-refractivity contribution in [2.45, 2.75) is 26.7 Å². The Balaban J connectivity index is 2.51. The lowest BCUT2D eigenvalue weighted by Gasteiger charge is -2.23. The predicted molar refractivity (Wildman–Crippen MR) is 72.3 cm³/mol. The van der Waals surface area contributed by atoms with Gasteiger partial charge < -0.3 is 4.90 Å². The zero-order chi connectivity index (χ0) is 13.0. The minimum absolute atomic E-state index is 0.288. The van der Waals surface area contributed by atoms with E-state index in [-0.39, 0.29) is 5.82 Å². The van der Waals surface area contributed by atoms with Crippen LogP contribution in [0.1, 0.15) is 26.7 Å². The number of benzene rings is 1. The summed E-state index contributed by atoms with van der Waals surface area (Å²) in [6.45, 7) is 6.12. The Morgan fingerprint density at radius 2 is 1.83 bits per heavy atom. The number of aromatic nitrogens is 2. The lowest BCUT2D eigenvalue weighted by molar-refractivity contribution is 0.636. The van der Waals surface area contributed by atoms with Crippen LogP contribution in [0.2, 0.25) is 0 Å². The van der Waals surface area contributed by atoms with Gasteiger partial charge in [0.15, 0.2) is 0 Å². The van der Waals surface area contributed by atoms with Gasteiger partial charge in [0.1, 0.15) is 23.5 Å². The van der Waals surface area contributed by atoms with E-state index in [9.17, 15) is 4.39 Å². The number of nitrogens with zero attached hydrogens (tertiary/aromatic N) is 3. The second kappa shape index (κ2) is 5.76. The second-order valence-corrected chi connectivity index (χ2v) is 4.32. The van der Waals surface area contributed by atoms with Crippen LogP contribution in [0.15, 0.2) is 24.5 Å². The number of fused-ring (bicyclic) bond motifs is 1. The van der Waals surface area contributed by atoms with Crippen molar-refractivity contribution in [3.63, 3.8) is 0 Å². The quantitative estimate of drug-likeness (QED) is 0.811. The smallest absolute Gasteiger partial charge is 0.149 e. The van der Waals surface area contributed by atoms with Crippen molar-refractivity contribution in [2.24, 2.45) is 0 Å². The second-order valence-electron chi connectivity index (χ2n) is 4.32. The molecular formula is C14H18FN3. The summed E-state index contributed by atoms with van der Waals surface area (Å²) < 4.78 is 13.7. The molecule has 0 bridgehead atoms. The van der Waals surface area contributed by atoms with Crippen molar-refractivity contribution in [1.82, 2.24) is 9.97 Å². The summed E-state index contributed by atoms with van der Waals surface area (Å²) in [5, 5.41) is 0.791. The first-order valence-corrected chi connectivity index (χ1v) is 6.42.